The van der Waals surface area contributed by atoms with E-state index >= 15 is 0 Å². The molecular weight excluding hydrogens is 268 g/mol. The lowest BCUT2D eigenvalue weighted by Gasteiger charge is -2.23. The van der Waals surface area contributed by atoms with Crippen molar-refractivity contribution in [3.8, 4) is 0 Å². The van der Waals surface area contributed by atoms with Crippen molar-refractivity contribution in [2.75, 3.05) is 7.11 Å². The smallest absolute Gasteiger partial charge is 0.224 e. The van der Waals surface area contributed by atoms with Gasteiger partial charge in [-0.2, -0.15) is 5.10 Å². The molecule has 114 valence electrons. The molecule has 1 amide bonds. The summed E-state index contributed by atoms with van der Waals surface area (Å²) in [6.45, 7) is 1.31. The molecule has 3 atom stereocenters. The highest BCUT2D eigenvalue weighted by molar-refractivity contribution is 5.82. The van der Waals surface area contributed by atoms with E-state index in [9.17, 15) is 4.79 Å². The van der Waals surface area contributed by atoms with Crippen LogP contribution in [0.2, 0.25) is 0 Å². The van der Waals surface area contributed by atoms with E-state index in [4.69, 9.17) is 4.74 Å². The first-order valence-electron chi connectivity index (χ1n) is 8.01. The zero-order valence-electron chi connectivity index (χ0n) is 12.4. The molecule has 2 fully saturated rings. The number of fused-ring (bicyclic) bond motifs is 2. The summed E-state index contributed by atoms with van der Waals surface area (Å²) in [7, 11) is 1.64. The average molecular weight is 290 g/mol. The maximum atomic E-state index is 12.4. The molecule has 0 spiro atoms. The summed E-state index contributed by atoms with van der Waals surface area (Å²) >= 11 is 0. The summed E-state index contributed by atoms with van der Waals surface area (Å²) < 4.78 is 7.02. The first-order chi connectivity index (χ1) is 10.3. The average Bonchev–Trinajstić information content (AvgIpc) is 2.84. The molecule has 3 aliphatic rings. The number of nitrogens with one attached hydrogen (secondary N) is 1. The predicted octanol–water partition coefficient (Wildman–Crippen LogP) is 1.42. The summed E-state index contributed by atoms with van der Waals surface area (Å²) in [5.74, 6) is 3.44. The van der Waals surface area contributed by atoms with Crippen molar-refractivity contribution in [3.05, 3.63) is 11.6 Å². The van der Waals surface area contributed by atoms with E-state index in [1.165, 1.54) is 19.3 Å². The van der Waals surface area contributed by atoms with Gasteiger partial charge in [-0.05, 0) is 37.5 Å². The maximum absolute atomic E-state index is 12.4. The van der Waals surface area contributed by atoms with Crippen LogP contribution >= 0.6 is 0 Å². The Kier molecular flexibility index (Phi) is 3.21. The van der Waals surface area contributed by atoms with Crippen LogP contribution in [0, 0.1) is 17.8 Å². The van der Waals surface area contributed by atoms with Crippen molar-refractivity contribution in [2.45, 2.75) is 51.3 Å². The molecule has 1 N–H and O–H groups in total. The summed E-state index contributed by atoms with van der Waals surface area (Å²) in [5.41, 5.74) is 0. The Morgan fingerprint density at radius 3 is 2.90 bits per heavy atom. The highest BCUT2D eigenvalue weighted by Crippen LogP contribution is 2.57. The van der Waals surface area contributed by atoms with E-state index in [-0.39, 0.29) is 17.9 Å². The van der Waals surface area contributed by atoms with Gasteiger partial charge in [-0.25, -0.2) is 9.67 Å². The highest BCUT2D eigenvalue weighted by Gasteiger charge is 2.56. The number of aromatic nitrogens is 3. The van der Waals surface area contributed by atoms with Crippen LogP contribution in [0.3, 0.4) is 0 Å². The third-order valence-corrected chi connectivity index (χ3v) is 5.22. The number of methoxy groups -OCH3 is 1. The van der Waals surface area contributed by atoms with Crippen molar-refractivity contribution in [1.82, 2.24) is 20.1 Å². The van der Waals surface area contributed by atoms with Crippen LogP contribution in [-0.4, -0.2) is 27.8 Å². The fraction of sp³-hybridized carbons (Fsp3) is 0.800. The molecule has 0 saturated heterocycles. The summed E-state index contributed by atoms with van der Waals surface area (Å²) in [4.78, 5) is 17.0. The molecule has 2 aliphatic carbocycles. The lowest BCUT2D eigenvalue weighted by atomic mass is 10.1. The van der Waals surface area contributed by atoms with Crippen LogP contribution in [0.15, 0.2) is 0 Å². The normalized spacial score (nSPS) is 33.4. The SMILES string of the molecule is COCc1nc2n(n1)CCCC2NC(=O)C1C2CCCC21. The summed E-state index contributed by atoms with van der Waals surface area (Å²) in [5, 5.41) is 7.66. The zero-order valence-corrected chi connectivity index (χ0v) is 12.4. The van der Waals surface area contributed by atoms with E-state index in [2.05, 4.69) is 15.4 Å². The second-order valence-corrected chi connectivity index (χ2v) is 6.53. The van der Waals surface area contributed by atoms with E-state index in [0.717, 1.165) is 25.2 Å². The molecule has 1 aromatic heterocycles. The maximum Gasteiger partial charge on any atom is 0.224 e. The monoisotopic (exact) mass is 290 g/mol. The third-order valence-electron chi connectivity index (χ3n) is 5.22. The molecule has 21 heavy (non-hydrogen) atoms. The number of aryl methyl sites for hydroxylation is 1. The molecule has 6 nitrogen and oxygen atoms in total. The summed E-state index contributed by atoms with van der Waals surface area (Å²) in [6, 6.07) is 0.0192. The van der Waals surface area contributed by atoms with Crippen LogP contribution in [-0.2, 0) is 22.7 Å². The van der Waals surface area contributed by atoms with Gasteiger partial charge in [0.15, 0.2) is 5.82 Å². The molecule has 0 bridgehead atoms. The number of ether oxygens (including phenoxy) is 1. The molecular formula is C15H22N4O2. The van der Waals surface area contributed by atoms with Gasteiger partial charge in [0.1, 0.15) is 12.4 Å². The Bertz CT molecular complexity index is 546. The Balaban J connectivity index is 1.45. The molecule has 0 radical (unpaired) electrons. The second-order valence-electron chi connectivity index (χ2n) is 6.53. The van der Waals surface area contributed by atoms with E-state index < -0.39 is 0 Å². The molecule has 3 unspecified atom stereocenters. The number of rotatable bonds is 4. The van der Waals surface area contributed by atoms with Crippen molar-refractivity contribution in [1.29, 1.82) is 0 Å². The lowest BCUT2D eigenvalue weighted by Crippen LogP contribution is -2.35. The van der Waals surface area contributed by atoms with Crippen molar-refractivity contribution in [2.24, 2.45) is 17.8 Å². The number of amides is 1. The minimum atomic E-state index is 0.0192. The fourth-order valence-electron chi connectivity index (χ4n) is 4.20. The molecule has 6 heteroatoms. The lowest BCUT2D eigenvalue weighted by molar-refractivity contribution is -0.124. The number of hydrogen-bond donors (Lipinski definition) is 1. The number of hydrogen-bond acceptors (Lipinski definition) is 4. The standard InChI is InChI=1S/C15H22N4O2/c1-21-8-12-17-14-11(6-3-7-19(14)18-12)16-15(20)13-9-4-2-5-10(9)13/h9-11,13H,2-8H2,1H3,(H,16,20). The van der Waals surface area contributed by atoms with Gasteiger partial charge in [-0.3, -0.25) is 4.79 Å². The van der Waals surface area contributed by atoms with Gasteiger partial charge >= 0.3 is 0 Å². The van der Waals surface area contributed by atoms with Crippen LogP contribution in [0.25, 0.3) is 0 Å². The second kappa shape index (κ2) is 5.09. The van der Waals surface area contributed by atoms with Gasteiger partial charge in [0, 0.05) is 19.6 Å². The Hall–Kier alpha value is -1.43. The first kappa shape index (κ1) is 13.2. The van der Waals surface area contributed by atoms with Gasteiger partial charge in [-0.1, -0.05) is 6.42 Å². The molecule has 1 aromatic rings. The van der Waals surface area contributed by atoms with Crippen LogP contribution in [0.1, 0.15) is 49.8 Å². The topological polar surface area (TPSA) is 69.0 Å². The molecule has 4 rings (SSSR count). The molecule has 0 aromatic carbocycles. The highest BCUT2D eigenvalue weighted by atomic mass is 16.5. The Morgan fingerprint density at radius 1 is 1.33 bits per heavy atom. The number of carbonyl (C=O) groups is 1. The fourth-order valence-corrected chi connectivity index (χ4v) is 4.20. The van der Waals surface area contributed by atoms with Gasteiger partial charge in [0.25, 0.3) is 0 Å². The van der Waals surface area contributed by atoms with E-state index in [1.807, 2.05) is 4.68 Å². The van der Waals surface area contributed by atoms with Crippen molar-refractivity contribution >= 4 is 5.91 Å². The van der Waals surface area contributed by atoms with Crippen LogP contribution in [0.4, 0.5) is 0 Å². The predicted molar refractivity (Wildman–Crippen MR) is 75.2 cm³/mol. The number of carbonyl (C=O) groups excluding carboxylic acids is 1. The zero-order chi connectivity index (χ0) is 14.4. The molecule has 1 aliphatic heterocycles. The van der Waals surface area contributed by atoms with E-state index in [1.54, 1.807) is 7.11 Å². The minimum Gasteiger partial charge on any atom is -0.377 e. The summed E-state index contributed by atoms with van der Waals surface area (Å²) in [6.07, 6.45) is 5.77. The first-order valence-corrected chi connectivity index (χ1v) is 8.01. The largest absolute Gasteiger partial charge is 0.377 e. The van der Waals surface area contributed by atoms with Crippen LogP contribution < -0.4 is 5.32 Å². The number of nitrogens with zero attached hydrogens (tertiary/aromatic N) is 3. The van der Waals surface area contributed by atoms with Gasteiger partial charge in [0.05, 0.1) is 6.04 Å². The van der Waals surface area contributed by atoms with Crippen LogP contribution in [0.5, 0.6) is 0 Å². The Labute approximate surface area is 124 Å². The van der Waals surface area contributed by atoms with E-state index in [0.29, 0.717) is 24.3 Å². The van der Waals surface area contributed by atoms with Crippen molar-refractivity contribution < 1.29 is 9.53 Å². The minimum absolute atomic E-state index is 0.0192. The molecule has 2 heterocycles. The third kappa shape index (κ3) is 2.25. The molecule has 2 saturated carbocycles. The van der Waals surface area contributed by atoms with Gasteiger partial charge < -0.3 is 10.1 Å². The quantitative estimate of drug-likeness (QED) is 0.910. The Morgan fingerprint density at radius 2 is 2.14 bits per heavy atom. The van der Waals surface area contributed by atoms with Crippen molar-refractivity contribution in [3.63, 3.8) is 0 Å². The van der Waals surface area contributed by atoms with Gasteiger partial charge in [0.2, 0.25) is 5.91 Å². The van der Waals surface area contributed by atoms with Gasteiger partial charge in [-0.15, -0.1) is 0 Å².